The number of ether oxygens (including phenoxy) is 1. The molecular formula is C22H24ClN3O3S. The largest absolute Gasteiger partial charge is 0.491 e. The van der Waals surface area contributed by atoms with Crippen LogP contribution in [0.5, 0.6) is 5.75 Å². The Kier molecular flexibility index (Phi) is 6.82. The van der Waals surface area contributed by atoms with Crippen molar-refractivity contribution in [3.63, 3.8) is 0 Å². The van der Waals surface area contributed by atoms with Crippen LogP contribution in [0.1, 0.15) is 6.42 Å². The van der Waals surface area contributed by atoms with Crippen molar-refractivity contribution in [1.29, 1.82) is 0 Å². The van der Waals surface area contributed by atoms with Crippen LogP contribution in [0, 0.1) is 0 Å². The van der Waals surface area contributed by atoms with Crippen molar-refractivity contribution < 1.29 is 14.3 Å². The van der Waals surface area contributed by atoms with E-state index in [1.165, 1.54) is 11.8 Å². The third kappa shape index (κ3) is 5.09. The van der Waals surface area contributed by atoms with E-state index in [0.717, 1.165) is 30.2 Å². The van der Waals surface area contributed by atoms with Crippen LogP contribution in [-0.4, -0.2) is 66.2 Å². The zero-order chi connectivity index (χ0) is 20.9. The molecule has 0 radical (unpaired) electrons. The van der Waals surface area contributed by atoms with Crippen molar-refractivity contribution in [2.24, 2.45) is 0 Å². The Labute approximate surface area is 185 Å². The molecule has 1 saturated heterocycles. The van der Waals surface area contributed by atoms with Crippen molar-refractivity contribution in [1.82, 2.24) is 9.80 Å². The second-order valence-electron chi connectivity index (χ2n) is 7.30. The summed E-state index contributed by atoms with van der Waals surface area (Å²) in [5, 5.41) is 3.13. The number of hydrogen-bond acceptors (Lipinski definition) is 5. The van der Waals surface area contributed by atoms with Gasteiger partial charge in [0.1, 0.15) is 12.4 Å². The highest BCUT2D eigenvalue weighted by Crippen LogP contribution is 2.36. The van der Waals surface area contributed by atoms with E-state index in [4.69, 9.17) is 16.3 Å². The van der Waals surface area contributed by atoms with Gasteiger partial charge in [-0.2, -0.15) is 0 Å². The molecule has 6 nitrogen and oxygen atoms in total. The summed E-state index contributed by atoms with van der Waals surface area (Å²) in [6.07, 6.45) is 0.223. The van der Waals surface area contributed by atoms with Crippen LogP contribution in [0.15, 0.2) is 53.4 Å². The molecule has 30 heavy (non-hydrogen) atoms. The minimum absolute atomic E-state index is 0.0361. The van der Waals surface area contributed by atoms with Crippen LogP contribution in [0.2, 0.25) is 5.02 Å². The predicted molar refractivity (Wildman–Crippen MR) is 119 cm³/mol. The smallest absolute Gasteiger partial charge is 0.238 e. The van der Waals surface area contributed by atoms with Gasteiger partial charge < -0.3 is 15.0 Å². The standard InChI is InChI=1S/C22H24ClN3O3S/c23-16-5-1-3-7-18(16)29-14-13-25-9-11-26(12-10-25)21(27)15-20-22(28)24-17-6-2-4-8-19(17)30-20/h1-8,20H,9-15H2,(H,24,28)/t20-/m0/s1. The van der Waals surface area contributed by atoms with Crippen LogP contribution >= 0.6 is 23.4 Å². The predicted octanol–water partition coefficient (Wildman–Crippen LogP) is 3.37. The molecule has 1 atom stereocenters. The van der Waals surface area contributed by atoms with Crippen molar-refractivity contribution in [3.05, 3.63) is 53.6 Å². The number of rotatable bonds is 6. The fourth-order valence-electron chi connectivity index (χ4n) is 3.58. The van der Waals surface area contributed by atoms with E-state index >= 15 is 0 Å². The quantitative estimate of drug-likeness (QED) is 0.738. The van der Waals surface area contributed by atoms with Crippen molar-refractivity contribution in [2.45, 2.75) is 16.6 Å². The first-order chi connectivity index (χ1) is 14.6. The molecule has 0 bridgehead atoms. The lowest BCUT2D eigenvalue weighted by atomic mass is 10.2. The lowest BCUT2D eigenvalue weighted by Gasteiger charge is -2.35. The lowest BCUT2D eigenvalue weighted by Crippen LogP contribution is -2.50. The summed E-state index contributed by atoms with van der Waals surface area (Å²) in [5.74, 6) is 0.634. The van der Waals surface area contributed by atoms with Crippen LogP contribution in [0.3, 0.4) is 0 Å². The Hall–Kier alpha value is -2.22. The Bertz CT molecular complexity index is 918. The third-order valence-electron chi connectivity index (χ3n) is 5.29. The topological polar surface area (TPSA) is 61.9 Å². The fourth-order valence-corrected chi connectivity index (χ4v) is 4.87. The first-order valence-electron chi connectivity index (χ1n) is 10.0. The maximum Gasteiger partial charge on any atom is 0.238 e. The molecule has 2 heterocycles. The van der Waals surface area contributed by atoms with Gasteiger partial charge in [0.15, 0.2) is 0 Å². The molecule has 2 aliphatic heterocycles. The van der Waals surface area contributed by atoms with E-state index in [1.807, 2.05) is 53.4 Å². The Balaban J connectivity index is 1.21. The summed E-state index contributed by atoms with van der Waals surface area (Å²) in [7, 11) is 0. The van der Waals surface area contributed by atoms with Gasteiger partial charge in [0.25, 0.3) is 0 Å². The fraction of sp³-hybridized carbons (Fsp3) is 0.364. The summed E-state index contributed by atoms with van der Waals surface area (Å²) >= 11 is 7.58. The van der Waals surface area contributed by atoms with E-state index in [-0.39, 0.29) is 23.5 Å². The van der Waals surface area contributed by atoms with Gasteiger partial charge in [0.2, 0.25) is 11.8 Å². The zero-order valence-corrected chi connectivity index (χ0v) is 18.1. The molecule has 4 rings (SSSR count). The molecule has 158 valence electrons. The van der Waals surface area contributed by atoms with Crippen molar-refractivity contribution in [2.75, 3.05) is 44.6 Å². The monoisotopic (exact) mass is 445 g/mol. The van der Waals surface area contributed by atoms with E-state index in [2.05, 4.69) is 10.2 Å². The number of anilines is 1. The van der Waals surface area contributed by atoms with Gasteiger partial charge in [-0.1, -0.05) is 35.9 Å². The molecule has 0 spiro atoms. The van der Waals surface area contributed by atoms with Gasteiger partial charge in [0.05, 0.1) is 16.0 Å². The molecule has 1 N–H and O–H groups in total. The van der Waals surface area contributed by atoms with Gasteiger partial charge in [-0.15, -0.1) is 11.8 Å². The summed E-state index contributed by atoms with van der Waals surface area (Å²) < 4.78 is 5.75. The molecule has 8 heteroatoms. The molecule has 0 aromatic heterocycles. The maximum atomic E-state index is 12.7. The number of amides is 2. The molecule has 2 aliphatic rings. The average Bonchev–Trinajstić information content (AvgIpc) is 2.76. The third-order valence-corrected chi connectivity index (χ3v) is 6.88. The van der Waals surface area contributed by atoms with E-state index in [9.17, 15) is 9.59 Å². The first kappa shape index (κ1) is 21.0. The number of nitrogens with zero attached hydrogens (tertiary/aromatic N) is 2. The minimum Gasteiger partial charge on any atom is -0.491 e. The minimum atomic E-state index is -0.380. The molecule has 2 aromatic carbocycles. The van der Waals surface area contributed by atoms with Crippen molar-refractivity contribution in [3.8, 4) is 5.75 Å². The first-order valence-corrected chi connectivity index (χ1v) is 11.3. The van der Waals surface area contributed by atoms with E-state index in [1.54, 1.807) is 0 Å². The molecule has 2 aromatic rings. The summed E-state index contributed by atoms with van der Waals surface area (Å²) in [6, 6.07) is 15.1. The molecule has 0 unspecified atom stereocenters. The molecule has 0 saturated carbocycles. The van der Waals surface area contributed by atoms with Crippen LogP contribution in [-0.2, 0) is 9.59 Å². The molecular weight excluding hydrogens is 422 g/mol. The van der Waals surface area contributed by atoms with Crippen LogP contribution in [0.4, 0.5) is 5.69 Å². The second-order valence-corrected chi connectivity index (χ2v) is 8.95. The average molecular weight is 446 g/mol. The summed E-state index contributed by atoms with van der Waals surface area (Å²) in [5.41, 5.74) is 0.823. The summed E-state index contributed by atoms with van der Waals surface area (Å²) in [4.78, 5) is 30.2. The molecule has 2 amide bonds. The number of fused-ring (bicyclic) bond motifs is 1. The van der Waals surface area contributed by atoms with Gasteiger partial charge >= 0.3 is 0 Å². The normalized spacial score (nSPS) is 19.2. The number of carbonyl (C=O) groups is 2. The lowest BCUT2D eigenvalue weighted by molar-refractivity contribution is -0.134. The highest BCUT2D eigenvalue weighted by atomic mass is 35.5. The number of piperazine rings is 1. The number of nitrogens with one attached hydrogen (secondary N) is 1. The van der Waals surface area contributed by atoms with Gasteiger partial charge in [-0.25, -0.2) is 0 Å². The highest BCUT2D eigenvalue weighted by Gasteiger charge is 2.31. The summed E-state index contributed by atoms with van der Waals surface area (Å²) in [6.45, 7) is 4.26. The van der Waals surface area contributed by atoms with E-state index in [0.29, 0.717) is 30.5 Å². The SMILES string of the molecule is O=C1Nc2ccccc2S[C@H]1CC(=O)N1CCN(CCOc2ccccc2Cl)CC1. The van der Waals surface area contributed by atoms with Crippen molar-refractivity contribution >= 4 is 40.9 Å². The van der Waals surface area contributed by atoms with Gasteiger partial charge in [0, 0.05) is 44.0 Å². The van der Waals surface area contributed by atoms with Gasteiger partial charge in [-0.05, 0) is 24.3 Å². The van der Waals surface area contributed by atoms with Crippen LogP contribution in [0.25, 0.3) is 0 Å². The Morgan fingerprint density at radius 1 is 1.10 bits per heavy atom. The number of halogens is 1. The number of carbonyl (C=O) groups excluding carboxylic acids is 2. The second kappa shape index (κ2) is 9.73. The number of thioether (sulfide) groups is 1. The highest BCUT2D eigenvalue weighted by molar-refractivity contribution is 8.01. The van der Waals surface area contributed by atoms with Crippen LogP contribution < -0.4 is 10.1 Å². The maximum absolute atomic E-state index is 12.7. The van der Waals surface area contributed by atoms with E-state index < -0.39 is 0 Å². The number of benzene rings is 2. The molecule has 0 aliphatic carbocycles. The Morgan fingerprint density at radius 2 is 1.83 bits per heavy atom. The zero-order valence-electron chi connectivity index (χ0n) is 16.6. The number of para-hydroxylation sites is 2. The Morgan fingerprint density at radius 3 is 2.63 bits per heavy atom. The van der Waals surface area contributed by atoms with Gasteiger partial charge in [-0.3, -0.25) is 14.5 Å². The number of hydrogen-bond donors (Lipinski definition) is 1. The molecule has 1 fully saturated rings.